The van der Waals surface area contributed by atoms with Crippen LogP contribution in [0.2, 0.25) is 0 Å². The first-order valence-electron chi connectivity index (χ1n) is 10.8. The summed E-state index contributed by atoms with van der Waals surface area (Å²) in [5.74, 6) is 1.43. The Morgan fingerprint density at radius 3 is 2.79 bits per heavy atom. The smallest absolute Gasteiger partial charge is 0.191 e. The first-order chi connectivity index (χ1) is 13.8. The minimum atomic E-state index is -0.337. The van der Waals surface area contributed by atoms with E-state index in [0.717, 1.165) is 63.5 Å². The van der Waals surface area contributed by atoms with E-state index in [0.29, 0.717) is 13.2 Å². The van der Waals surface area contributed by atoms with Gasteiger partial charge in [0.1, 0.15) is 11.9 Å². The molecule has 1 aromatic heterocycles. The van der Waals surface area contributed by atoms with Crippen LogP contribution in [0.1, 0.15) is 50.7 Å². The Morgan fingerprint density at radius 1 is 1.14 bits per heavy atom. The topological polar surface area (TPSA) is 77.3 Å². The van der Waals surface area contributed by atoms with Crippen molar-refractivity contribution in [1.82, 2.24) is 10.6 Å². The number of nitrogens with zero attached hydrogens (tertiary/aromatic N) is 1. The summed E-state index contributed by atoms with van der Waals surface area (Å²) < 4.78 is 23.4. The predicted octanol–water partition coefficient (Wildman–Crippen LogP) is 3.23. The second-order valence-corrected chi connectivity index (χ2v) is 7.98. The highest BCUT2D eigenvalue weighted by Gasteiger charge is 2.42. The van der Waals surface area contributed by atoms with Crippen molar-refractivity contribution >= 4 is 29.9 Å². The van der Waals surface area contributed by atoms with Crippen molar-refractivity contribution in [3.05, 3.63) is 24.2 Å². The van der Waals surface area contributed by atoms with Gasteiger partial charge >= 0.3 is 0 Å². The van der Waals surface area contributed by atoms with Crippen LogP contribution in [0, 0.1) is 0 Å². The zero-order valence-electron chi connectivity index (χ0n) is 17.1. The average Bonchev–Trinajstić information content (AvgIpc) is 3.47. The minimum absolute atomic E-state index is 0. The van der Waals surface area contributed by atoms with E-state index in [-0.39, 0.29) is 42.0 Å². The lowest BCUT2D eigenvalue weighted by Gasteiger charge is -2.31. The van der Waals surface area contributed by atoms with Crippen LogP contribution in [-0.2, 0) is 20.6 Å². The first-order valence-corrected chi connectivity index (χ1v) is 10.8. The summed E-state index contributed by atoms with van der Waals surface area (Å²) in [5, 5.41) is 6.83. The van der Waals surface area contributed by atoms with Gasteiger partial charge in [-0.15, -0.1) is 24.0 Å². The molecule has 1 aromatic rings. The van der Waals surface area contributed by atoms with E-state index in [4.69, 9.17) is 23.6 Å². The van der Waals surface area contributed by atoms with E-state index in [1.54, 1.807) is 6.26 Å². The number of guanidine groups is 1. The molecule has 2 atom stereocenters. The molecule has 3 heterocycles. The third-order valence-corrected chi connectivity index (χ3v) is 5.75. The number of nitrogens with one attached hydrogen (secondary N) is 2. The predicted molar refractivity (Wildman–Crippen MR) is 122 cm³/mol. The fourth-order valence-corrected chi connectivity index (χ4v) is 4.20. The standard InChI is InChI=1S/C21H33N3O4.HI/c1-2-9-21(10-3-1)27-16-19(28-21)15-24-20(23-14-18-7-5-13-26-18)22-11-8-17-6-4-12-25-17;/h4,6,12,18-19H,1-3,5,7-11,13-16H2,(H2,22,23,24);1H. The molecule has 2 aliphatic heterocycles. The number of hydrogen-bond acceptors (Lipinski definition) is 5. The van der Waals surface area contributed by atoms with Crippen molar-refractivity contribution in [3.63, 3.8) is 0 Å². The van der Waals surface area contributed by atoms with Gasteiger partial charge in [-0.2, -0.15) is 0 Å². The van der Waals surface area contributed by atoms with Crippen molar-refractivity contribution in [1.29, 1.82) is 0 Å². The highest BCUT2D eigenvalue weighted by molar-refractivity contribution is 14.0. The Balaban J connectivity index is 0.00000240. The quantitative estimate of drug-likeness (QED) is 0.328. The van der Waals surface area contributed by atoms with Crippen LogP contribution in [-0.4, -0.2) is 56.8 Å². The molecule has 3 fully saturated rings. The Bertz CT molecular complexity index is 613. The van der Waals surface area contributed by atoms with Gasteiger partial charge in [-0.1, -0.05) is 6.42 Å². The SMILES string of the molecule is I.c1coc(CCNC(=NCC2COC3(CCCCC3)O2)NCC2CCCO2)c1. The van der Waals surface area contributed by atoms with Crippen molar-refractivity contribution in [2.75, 3.05) is 32.8 Å². The van der Waals surface area contributed by atoms with Crippen LogP contribution in [0.15, 0.2) is 27.8 Å². The lowest BCUT2D eigenvalue weighted by molar-refractivity contribution is -0.186. The molecule has 8 heteroatoms. The lowest BCUT2D eigenvalue weighted by atomic mass is 9.94. The van der Waals surface area contributed by atoms with Gasteiger partial charge < -0.3 is 29.3 Å². The number of hydrogen-bond donors (Lipinski definition) is 2. The van der Waals surface area contributed by atoms with E-state index in [2.05, 4.69) is 10.6 Å². The van der Waals surface area contributed by atoms with Crippen LogP contribution < -0.4 is 10.6 Å². The van der Waals surface area contributed by atoms with E-state index >= 15 is 0 Å². The Kier molecular flexibility index (Phi) is 9.08. The molecular weight excluding hydrogens is 485 g/mol. The lowest BCUT2D eigenvalue weighted by Crippen LogP contribution is -2.42. The number of halogens is 1. The van der Waals surface area contributed by atoms with Gasteiger partial charge in [0.2, 0.25) is 0 Å². The van der Waals surface area contributed by atoms with Gasteiger partial charge in [0.15, 0.2) is 11.7 Å². The summed E-state index contributed by atoms with van der Waals surface area (Å²) in [5.41, 5.74) is 0. The maximum Gasteiger partial charge on any atom is 0.191 e. The molecule has 0 bridgehead atoms. The Hall–Kier alpha value is -0.840. The average molecular weight is 519 g/mol. The van der Waals surface area contributed by atoms with Crippen LogP contribution in [0.3, 0.4) is 0 Å². The normalized spacial score (nSPS) is 26.4. The fraction of sp³-hybridized carbons (Fsp3) is 0.762. The highest BCUT2D eigenvalue weighted by atomic mass is 127. The fourth-order valence-electron chi connectivity index (χ4n) is 4.20. The van der Waals surface area contributed by atoms with Gasteiger partial charge in [-0.3, -0.25) is 4.99 Å². The first kappa shape index (κ1) is 22.8. The van der Waals surface area contributed by atoms with Crippen molar-refractivity contribution < 1.29 is 18.6 Å². The van der Waals surface area contributed by atoms with Crippen LogP contribution in [0.4, 0.5) is 0 Å². The van der Waals surface area contributed by atoms with Gasteiger partial charge in [-0.05, 0) is 37.8 Å². The van der Waals surface area contributed by atoms with E-state index < -0.39 is 0 Å². The molecule has 3 aliphatic rings. The summed E-state index contributed by atoms with van der Waals surface area (Å²) in [6.45, 7) is 3.63. The molecule has 0 amide bonds. The zero-order valence-corrected chi connectivity index (χ0v) is 19.4. The Morgan fingerprint density at radius 2 is 2.03 bits per heavy atom. The van der Waals surface area contributed by atoms with Crippen LogP contribution in [0.25, 0.3) is 0 Å². The van der Waals surface area contributed by atoms with Crippen molar-refractivity contribution in [2.45, 2.75) is 69.4 Å². The molecule has 2 N–H and O–H groups in total. The number of aliphatic imine (C=N–C) groups is 1. The van der Waals surface area contributed by atoms with Crippen molar-refractivity contribution in [2.24, 2.45) is 4.99 Å². The van der Waals surface area contributed by atoms with Gasteiger partial charge in [-0.25, -0.2) is 0 Å². The highest BCUT2D eigenvalue weighted by Crippen LogP contribution is 2.37. The van der Waals surface area contributed by atoms with E-state index in [1.165, 1.54) is 19.3 Å². The van der Waals surface area contributed by atoms with Gasteiger partial charge in [0, 0.05) is 39.0 Å². The zero-order chi connectivity index (χ0) is 19.1. The molecule has 1 saturated carbocycles. The van der Waals surface area contributed by atoms with Crippen molar-refractivity contribution in [3.8, 4) is 0 Å². The summed E-state index contributed by atoms with van der Waals surface area (Å²) in [6.07, 6.45) is 10.8. The molecule has 164 valence electrons. The largest absolute Gasteiger partial charge is 0.469 e. The summed E-state index contributed by atoms with van der Waals surface area (Å²) >= 11 is 0. The van der Waals surface area contributed by atoms with E-state index in [9.17, 15) is 0 Å². The second-order valence-electron chi connectivity index (χ2n) is 7.98. The molecule has 0 radical (unpaired) electrons. The maximum atomic E-state index is 6.26. The minimum Gasteiger partial charge on any atom is -0.469 e. The summed E-state index contributed by atoms with van der Waals surface area (Å²) in [7, 11) is 0. The van der Waals surface area contributed by atoms with Gasteiger partial charge in [0.25, 0.3) is 0 Å². The molecule has 1 aliphatic carbocycles. The van der Waals surface area contributed by atoms with E-state index in [1.807, 2.05) is 12.1 Å². The summed E-state index contributed by atoms with van der Waals surface area (Å²) in [6, 6.07) is 3.91. The monoisotopic (exact) mass is 519 g/mol. The molecule has 4 rings (SSSR count). The second kappa shape index (κ2) is 11.5. The molecule has 29 heavy (non-hydrogen) atoms. The number of rotatable bonds is 7. The number of ether oxygens (including phenoxy) is 3. The molecular formula is C21H34IN3O4. The third kappa shape index (κ3) is 6.83. The maximum absolute atomic E-state index is 6.26. The Labute approximate surface area is 190 Å². The van der Waals surface area contributed by atoms with Crippen LogP contribution >= 0.6 is 24.0 Å². The molecule has 2 saturated heterocycles. The molecule has 1 spiro atoms. The third-order valence-electron chi connectivity index (χ3n) is 5.75. The van der Waals surface area contributed by atoms with Gasteiger partial charge in [0.05, 0.1) is 25.5 Å². The molecule has 2 unspecified atom stereocenters. The van der Waals surface area contributed by atoms with Crippen LogP contribution in [0.5, 0.6) is 0 Å². The summed E-state index contributed by atoms with van der Waals surface area (Å²) in [4.78, 5) is 4.77. The molecule has 0 aromatic carbocycles. The number of furan rings is 1. The molecule has 7 nitrogen and oxygen atoms in total.